The van der Waals surface area contributed by atoms with Crippen LogP contribution in [0.1, 0.15) is 29.0 Å². The highest BCUT2D eigenvalue weighted by atomic mass is 35.5. The number of aryl methyl sites for hydroxylation is 1. The molecule has 98 valence electrons. The Morgan fingerprint density at radius 2 is 2.06 bits per heavy atom. The molecule has 0 bridgehead atoms. The molecule has 0 saturated carbocycles. The van der Waals surface area contributed by atoms with Gasteiger partial charge in [-0.1, -0.05) is 11.6 Å². The number of anilines is 1. The van der Waals surface area contributed by atoms with Gasteiger partial charge < -0.3 is 5.32 Å². The molecule has 7 heteroatoms. The first-order valence-corrected chi connectivity index (χ1v) is 7.57. The molecule has 18 heavy (non-hydrogen) atoms. The minimum Gasteiger partial charge on any atom is -0.367 e. The van der Waals surface area contributed by atoms with Gasteiger partial charge in [-0.05, 0) is 19.8 Å². The summed E-state index contributed by atoms with van der Waals surface area (Å²) in [4.78, 5) is 19.1. The zero-order valence-corrected chi connectivity index (χ0v) is 11.6. The van der Waals surface area contributed by atoms with Gasteiger partial charge >= 0.3 is 0 Å². The van der Waals surface area contributed by atoms with E-state index in [0.717, 1.165) is 12.8 Å². The van der Waals surface area contributed by atoms with E-state index in [9.17, 15) is 9.00 Å². The van der Waals surface area contributed by atoms with Crippen molar-refractivity contribution in [3.63, 3.8) is 0 Å². The second kappa shape index (κ2) is 5.75. The molecule has 0 amide bonds. The summed E-state index contributed by atoms with van der Waals surface area (Å²) in [7, 11) is -0.703. The monoisotopic (exact) mass is 287 g/mol. The molecule has 0 spiro atoms. The smallest absolute Gasteiger partial charge is 0.156 e. The van der Waals surface area contributed by atoms with E-state index >= 15 is 0 Å². The zero-order chi connectivity index (χ0) is 13.1. The number of rotatable bonds is 3. The normalized spacial score (nSPS) is 23.7. The predicted octanol–water partition coefficient (Wildman–Crippen LogP) is 1.57. The van der Waals surface area contributed by atoms with Crippen LogP contribution in [0.5, 0.6) is 0 Å². The van der Waals surface area contributed by atoms with E-state index in [-0.39, 0.29) is 16.8 Å². The molecular formula is C11H14ClN3O2S. The molecule has 1 fully saturated rings. The SMILES string of the molecule is Cc1nc(Cl)c(C=O)c(NC2CCS(=O)CC2)n1. The molecule has 1 N–H and O–H groups in total. The summed E-state index contributed by atoms with van der Waals surface area (Å²) < 4.78 is 11.3. The minimum absolute atomic E-state index is 0.166. The standard InChI is InChI=1S/C11H14ClN3O2S/c1-7-13-10(12)9(6-16)11(14-7)15-8-2-4-18(17)5-3-8/h6,8H,2-5H2,1H3,(H,13,14,15). The third kappa shape index (κ3) is 3.05. The third-order valence-corrected chi connectivity index (χ3v) is 4.53. The topological polar surface area (TPSA) is 72.0 Å². The van der Waals surface area contributed by atoms with E-state index in [4.69, 9.17) is 11.6 Å². The minimum atomic E-state index is -0.703. The summed E-state index contributed by atoms with van der Waals surface area (Å²) in [6.07, 6.45) is 2.28. The summed E-state index contributed by atoms with van der Waals surface area (Å²) in [5, 5.41) is 3.37. The lowest BCUT2D eigenvalue weighted by Gasteiger charge is -2.23. The van der Waals surface area contributed by atoms with Crippen LogP contribution in [0, 0.1) is 6.92 Å². The molecule has 0 aromatic carbocycles. The first-order chi connectivity index (χ1) is 8.60. The van der Waals surface area contributed by atoms with Gasteiger partial charge in [-0.25, -0.2) is 9.97 Å². The summed E-state index contributed by atoms with van der Waals surface area (Å²) in [6.45, 7) is 1.72. The van der Waals surface area contributed by atoms with Crippen molar-refractivity contribution in [3.8, 4) is 0 Å². The van der Waals surface area contributed by atoms with Gasteiger partial charge in [-0.15, -0.1) is 0 Å². The summed E-state index contributed by atoms with van der Waals surface area (Å²) >= 11 is 5.90. The molecular weight excluding hydrogens is 274 g/mol. The summed E-state index contributed by atoms with van der Waals surface area (Å²) in [6, 6.07) is 0.187. The van der Waals surface area contributed by atoms with Crippen molar-refractivity contribution in [1.82, 2.24) is 9.97 Å². The second-order valence-corrected chi connectivity index (χ2v) is 6.26. The highest BCUT2D eigenvalue weighted by molar-refractivity contribution is 7.85. The second-order valence-electron chi connectivity index (χ2n) is 4.21. The zero-order valence-electron chi connectivity index (χ0n) is 9.98. The van der Waals surface area contributed by atoms with Gasteiger partial charge in [0.05, 0.1) is 5.56 Å². The number of nitrogens with zero attached hydrogens (tertiary/aromatic N) is 2. The molecule has 0 unspecified atom stereocenters. The highest BCUT2D eigenvalue weighted by Crippen LogP contribution is 2.22. The van der Waals surface area contributed by atoms with Crippen molar-refractivity contribution in [2.75, 3.05) is 16.8 Å². The van der Waals surface area contributed by atoms with Crippen LogP contribution in [-0.4, -0.2) is 38.0 Å². The van der Waals surface area contributed by atoms with E-state index < -0.39 is 10.8 Å². The molecule has 2 rings (SSSR count). The van der Waals surface area contributed by atoms with Gasteiger partial charge in [0.2, 0.25) is 0 Å². The largest absolute Gasteiger partial charge is 0.367 e. The molecule has 0 aliphatic carbocycles. The molecule has 1 aliphatic heterocycles. The van der Waals surface area contributed by atoms with E-state index in [2.05, 4.69) is 15.3 Å². The Hall–Kier alpha value is -1.01. The molecule has 1 saturated heterocycles. The maximum atomic E-state index is 11.3. The van der Waals surface area contributed by atoms with Gasteiger partial charge in [0.1, 0.15) is 16.8 Å². The fourth-order valence-corrected chi connectivity index (χ4v) is 3.45. The van der Waals surface area contributed by atoms with Crippen LogP contribution in [-0.2, 0) is 10.8 Å². The fraction of sp³-hybridized carbons (Fsp3) is 0.545. The number of carbonyl (C=O) groups is 1. The van der Waals surface area contributed by atoms with Gasteiger partial charge in [-0.3, -0.25) is 9.00 Å². The first-order valence-electron chi connectivity index (χ1n) is 5.71. The fourth-order valence-electron chi connectivity index (χ4n) is 1.89. The molecule has 0 radical (unpaired) electrons. The van der Waals surface area contributed by atoms with E-state index in [1.807, 2.05) is 0 Å². The number of nitrogens with one attached hydrogen (secondary N) is 1. The van der Waals surface area contributed by atoms with Crippen molar-refractivity contribution < 1.29 is 9.00 Å². The maximum absolute atomic E-state index is 11.3. The maximum Gasteiger partial charge on any atom is 0.156 e. The number of carbonyl (C=O) groups excluding carboxylic acids is 1. The van der Waals surface area contributed by atoms with Gasteiger partial charge in [0, 0.05) is 28.3 Å². The molecule has 1 aliphatic rings. The molecule has 5 nitrogen and oxygen atoms in total. The highest BCUT2D eigenvalue weighted by Gasteiger charge is 2.20. The molecule has 1 aromatic rings. The number of hydrogen-bond donors (Lipinski definition) is 1. The van der Waals surface area contributed by atoms with Crippen LogP contribution in [0.2, 0.25) is 5.15 Å². The Morgan fingerprint density at radius 3 is 2.67 bits per heavy atom. The molecule has 2 heterocycles. The predicted molar refractivity (Wildman–Crippen MR) is 71.7 cm³/mol. The van der Waals surface area contributed by atoms with Crippen LogP contribution >= 0.6 is 11.6 Å². The van der Waals surface area contributed by atoms with Crippen molar-refractivity contribution in [1.29, 1.82) is 0 Å². The van der Waals surface area contributed by atoms with Crippen LogP contribution in [0.25, 0.3) is 0 Å². The Balaban J connectivity index is 2.18. The Kier molecular flexibility index (Phi) is 4.29. The molecule has 1 aromatic heterocycles. The lowest BCUT2D eigenvalue weighted by Crippen LogP contribution is -2.30. The van der Waals surface area contributed by atoms with E-state index in [1.165, 1.54) is 0 Å². The summed E-state index contributed by atoms with van der Waals surface area (Å²) in [5.41, 5.74) is 0.286. The van der Waals surface area contributed by atoms with Gasteiger partial charge in [0.15, 0.2) is 6.29 Å². The van der Waals surface area contributed by atoms with E-state index in [1.54, 1.807) is 6.92 Å². The molecule has 0 atom stereocenters. The van der Waals surface area contributed by atoms with Crippen LogP contribution < -0.4 is 5.32 Å². The summed E-state index contributed by atoms with van der Waals surface area (Å²) in [5.74, 6) is 2.37. The van der Waals surface area contributed by atoms with E-state index in [0.29, 0.717) is 29.4 Å². The Morgan fingerprint density at radius 1 is 1.39 bits per heavy atom. The lowest BCUT2D eigenvalue weighted by molar-refractivity contribution is 0.112. The van der Waals surface area contributed by atoms with Crippen LogP contribution in [0.15, 0.2) is 0 Å². The number of aldehydes is 1. The Labute approximate surface area is 113 Å². The van der Waals surface area contributed by atoms with Crippen molar-refractivity contribution in [2.24, 2.45) is 0 Å². The van der Waals surface area contributed by atoms with Gasteiger partial charge in [-0.2, -0.15) is 0 Å². The average Bonchev–Trinajstić information content (AvgIpc) is 2.32. The number of hydrogen-bond acceptors (Lipinski definition) is 5. The van der Waals surface area contributed by atoms with Crippen molar-refractivity contribution >= 4 is 34.5 Å². The first kappa shape index (κ1) is 13.4. The quantitative estimate of drug-likeness (QED) is 0.675. The van der Waals surface area contributed by atoms with Crippen LogP contribution in [0.3, 0.4) is 0 Å². The number of halogens is 1. The van der Waals surface area contributed by atoms with Crippen LogP contribution in [0.4, 0.5) is 5.82 Å². The lowest BCUT2D eigenvalue weighted by atomic mass is 10.1. The Bertz CT molecular complexity index is 485. The van der Waals surface area contributed by atoms with Crippen molar-refractivity contribution in [3.05, 3.63) is 16.5 Å². The average molecular weight is 288 g/mol. The number of aromatic nitrogens is 2. The van der Waals surface area contributed by atoms with Gasteiger partial charge in [0.25, 0.3) is 0 Å². The van der Waals surface area contributed by atoms with Crippen molar-refractivity contribution in [2.45, 2.75) is 25.8 Å². The third-order valence-electron chi connectivity index (χ3n) is 2.86.